The van der Waals surface area contributed by atoms with E-state index in [1.807, 2.05) is 25.1 Å². The molecule has 1 fully saturated rings. The molecule has 0 aliphatic carbocycles. The number of hydrogen-bond donors (Lipinski definition) is 2. The second-order valence-corrected chi connectivity index (χ2v) is 7.66. The summed E-state index contributed by atoms with van der Waals surface area (Å²) in [5, 5.41) is 13.9. The Balaban J connectivity index is 1.74. The van der Waals surface area contributed by atoms with Crippen molar-refractivity contribution in [3.8, 4) is 11.5 Å². The highest BCUT2D eigenvalue weighted by Crippen LogP contribution is 2.31. The topological polar surface area (TPSA) is 69.2 Å². The lowest BCUT2D eigenvalue weighted by atomic mass is 9.95. The zero-order valence-corrected chi connectivity index (χ0v) is 16.6. The predicted molar refractivity (Wildman–Crippen MR) is 101 cm³/mol. The molecule has 6 heteroatoms. The van der Waals surface area contributed by atoms with E-state index in [9.17, 15) is 5.11 Å². The van der Waals surface area contributed by atoms with Gasteiger partial charge in [-0.1, -0.05) is 19.9 Å². The van der Waals surface area contributed by atoms with Crippen molar-refractivity contribution in [3.63, 3.8) is 0 Å². The number of hydrogen-bond acceptors (Lipinski definition) is 6. The van der Waals surface area contributed by atoms with E-state index in [0.717, 1.165) is 38.2 Å². The van der Waals surface area contributed by atoms with Gasteiger partial charge in [0.1, 0.15) is 0 Å². The fraction of sp³-hybridized carbons (Fsp3) is 0.700. The van der Waals surface area contributed by atoms with E-state index in [2.05, 4.69) is 19.2 Å². The smallest absolute Gasteiger partial charge is 0.161 e. The van der Waals surface area contributed by atoms with E-state index < -0.39 is 6.10 Å². The van der Waals surface area contributed by atoms with Gasteiger partial charge in [-0.05, 0) is 44.0 Å². The first-order valence-corrected chi connectivity index (χ1v) is 9.23. The number of nitrogens with one attached hydrogen (secondary N) is 1. The molecule has 0 saturated carbocycles. The molecule has 0 aromatic heterocycles. The van der Waals surface area contributed by atoms with Crippen molar-refractivity contribution in [1.29, 1.82) is 0 Å². The third-order valence-electron chi connectivity index (χ3n) is 4.63. The normalized spacial score (nSPS) is 19.8. The first-order valence-electron chi connectivity index (χ1n) is 9.23. The largest absolute Gasteiger partial charge is 0.493 e. The van der Waals surface area contributed by atoms with Crippen LogP contribution in [0.5, 0.6) is 11.5 Å². The van der Waals surface area contributed by atoms with Crippen LogP contribution in [0.25, 0.3) is 0 Å². The van der Waals surface area contributed by atoms with Crippen molar-refractivity contribution < 1.29 is 24.1 Å². The maximum Gasteiger partial charge on any atom is 0.161 e. The Morgan fingerprint density at radius 2 is 1.85 bits per heavy atom. The maximum atomic E-state index is 10.6. The third kappa shape index (κ3) is 5.84. The molecule has 1 aliphatic heterocycles. The van der Waals surface area contributed by atoms with Crippen LogP contribution in [0.4, 0.5) is 0 Å². The van der Waals surface area contributed by atoms with Gasteiger partial charge in [-0.2, -0.15) is 0 Å². The fourth-order valence-electron chi connectivity index (χ4n) is 2.93. The zero-order chi connectivity index (χ0) is 19.2. The van der Waals surface area contributed by atoms with Gasteiger partial charge >= 0.3 is 0 Å². The molecule has 1 aromatic carbocycles. The van der Waals surface area contributed by atoms with E-state index in [1.165, 1.54) is 0 Å². The Labute approximate surface area is 156 Å². The first kappa shape index (κ1) is 21.0. The minimum absolute atomic E-state index is 0.0831. The van der Waals surface area contributed by atoms with Crippen LogP contribution in [0, 0.1) is 5.41 Å². The summed E-state index contributed by atoms with van der Waals surface area (Å²) in [6.07, 6.45) is 1.03. The van der Waals surface area contributed by atoms with Crippen LogP contribution in [0.1, 0.15) is 45.3 Å². The van der Waals surface area contributed by atoms with Crippen LogP contribution in [-0.2, 0) is 9.47 Å². The van der Waals surface area contributed by atoms with Gasteiger partial charge in [0.05, 0.1) is 33.5 Å². The van der Waals surface area contributed by atoms with Crippen molar-refractivity contribution in [1.82, 2.24) is 5.32 Å². The Bertz CT molecular complexity index is 553. The Morgan fingerprint density at radius 3 is 2.46 bits per heavy atom. The molecule has 1 aliphatic rings. The van der Waals surface area contributed by atoms with Gasteiger partial charge in [0.2, 0.25) is 0 Å². The predicted octanol–water partition coefficient (Wildman–Crippen LogP) is 2.89. The second-order valence-electron chi connectivity index (χ2n) is 7.66. The maximum absolute atomic E-state index is 10.6. The first-order chi connectivity index (χ1) is 12.4. The van der Waals surface area contributed by atoms with Crippen LogP contribution >= 0.6 is 0 Å². The Kier molecular flexibility index (Phi) is 7.70. The highest BCUT2D eigenvalue weighted by atomic mass is 16.7. The molecule has 2 N–H and O–H groups in total. The van der Waals surface area contributed by atoms with E-state index in [0.29, 0.717) is 11.5 Å². The molecule has 0 bridgehead atoms. The summed E-state index contributed by atoms with van der Waals surface area (Å²) in [5.74, 6) is 1.27. The monoisotopic (exact) mass is 367 g/mol. The number of methoxy groups -OCH3 is 2. The molecule has 0 amide bonds. The second kappa shape index (κ2) is 9.55. The van der Waals surface area contributed by atoms with Crippen molar-refractivity contribution in [2.24, 2.45) is 5.41 Å². The average Bonchev–Trinajstić information content (AvgIpc) is 2.64. The van der Waals surface area contributed by atoms with Crippen molar-refractivity contribution >= 4 is 0 Å². The molecular formula is C20H33NO5. The minimum atomic E-state index is -0.627. The van der Waals surface area contributed by atoms with Crippen LogP contribution in [0.15, 0.2) is 18.2 Å². The van der Waals surface area contributed by atoms with Gasteiger partial charge in [0, 0.05) is 11.5 Å². The number of aliphatic hydroxyl groups excluding tert-OH is 1. The lowest BCUT2D eigenvalue weighted by molar-refractivity contribution is -0.223. The van der Waals surface area contributed by atoms with Crippen LogP contribution in [-0.4, -0.2) is 51.4 Å². The quantitative estimate of drug-likeness (QED) is 0.654. The molecule has 2 unspecified atom stereocenters. The van der Waals surface area contributed by atoms with Crippen LogP contribution in [0.3, 0.4) is 0 Å². The number of rotatable bonds is 9. The summed E-state index contributed by atoms with van der Waals surface area (Å²) >= 11 is 0. The average molecular weight is 367 g/mol. The van der Waals surface area contributed by atoms with Gasteiger partial charge in [-0.15, -0.1) is 0 Å². The van der Waals surface area contributed by atoms with E-state index in [1.54, 1.807) is 14.2 Å². The molecule has 0 spiro atoms. The SMILES string of the molecule is COc1ccc(C(O)C(C)NCCCC2OCC(C)(C)CO2)cc1OC. The molecular weight excluding hydrogens is 334 g/mol. The summed E-state index contributed by atoms with van der Waals surface area (Å²) in [6, 6.07) is 5.40. The zero-order valence-electron chi connectivity index (χ0n) is 16.6. The van der Waals surface area contributed by atoms with Crippen molar-refractivity contribution in [2.45, 2.75) is 52.0 Å². The lowest BCUT2D eigenvalue weighted by Crippen LogP contribution is -2.38. The summed E-state index contributed by atoms with van der Waals surface area (Å²) < 4.78 is 22.0. The Morgan fingerprint density at radius 1 is 1.19 bits per heavy atom. The fourth-order valence-corrected chi connectivity index (χ4v) is 2.93. The highest BCUT2D eigenvalue weighted by Gasteiger charge is 2.28. The van der Waals surface area contributed by atoms with Crippen molar-refractivity contribution in [2.75, 3.05) is 34.0 Å². The lowest BCUT2D eigenvalue weighted by Gasteiger charge is -2.34. The summed E-state index contributed by atoms with van der Waals surface area (Å²) in [4.78, 5) is 0. The van der Waals surface area contributed by atoms with Gasteiger partial charge in [-0.3, -0.25) is 0 Å². The number of aliphatic hydroxyl groups is 1. The third-order valence-corrected chi connectivity index (χ3v) is 4.63. The molecule has 2 rings (SSSR count). The van der Waals surface area contributed by atoms with Gasteiger partial charge in [0.15, 0.2) is 17.8 Å². The van der Waals surface area contributed by atoms with Gasteiger partial charge in [-0.25, -0.2) is 0 Å². The number of ether oxygens (including phenoxy) is 4. The molecule has 1 saturated heterocycles. The highest BCUT2D eigenvalue weighted by molar-refractivity contribution is 5.43. The van der Waals surface area contributed by atoms with E-state index >= 15 is 0 Å². The van der Waals surface area contributed by atoms with Gasteiger partial charge in [0.25, 0.3) is 0 Å². The Hall–Kier alpha value is -1.34. The van der Waals surface area contributed by atoms with Crippen LogP contribution in [0.2, 0.25) is 0 Å². The summed E-state index contributed by atoms with van der Waals surface area (Å²) in [7, 11) is 3.19. The standard InChI is InChI=1S/C20H33NO5/c1-14(19(22)15-8-9-16(23-4)17(11-15)24-5)21-10-6-7-18-25-12-20(2,3)13-26-18/h8-9,11,14,18-19,21-22H,6-7,10,12-13H2,1-5H3. The molecule has 6 nitrogen and oxygen atoms in total. The molecule has 0 radical (unpaired) electrons. The summed E-state index contributed by atoms with van der Waals surface area (Å²) in [6.45, 7) is 8.51. The summed E-state index contributed by atoms with van der Waals surface area (Å²) in [5.41, 5.74) is 0.899. The molecule has 2 atom stereocenters. The van der Waals surface area contributed by atoms with Crippen molar-refractivity contribution in [3.05, 3.63) is 23.8 Å². The minimum Gasteiger partial charge on any atom is -0.493 e. The molecule has 1 aromatic rings. The van der Waals surface area contributed by atoms with Crippen LogP contribution < -0.4 is 14.8 Å². The number of benzene rings is 1. The van der Waals surface area contributed by atoms with E-state index in [4.69, 9.17) is 18.9 Å². The van der Waals surface area contributed by atoms with Gasteiger partial charge < -0.3 is 29.4 Å². The molecule has 148 valence electrons. The molecule has 26 heavy (non-hydrogen) atoms. The van der Waals surface area contributed by atoms with E-state index in [-0.39, 0.29) is 17.7 Å². The molecule has 1 heterocycles.